The molecule has 1 aliphatic rings. The minimum atomic E-state index is -0.569. The quantitative estimate of drug-likeness (QED) is 0.856. The van der Waals surface area contributed by atoms with E-state index >= 15 is 0 Å². The first kappa shape index (κ1) is 19.7. The predicted octanol–water partition coefficient (Wildman–Crippen LogP) is 3.22. The number of nitrogen functional groups attached to an aromatic ring is 1. The van der Waals surface area contributed by atoms with Gasteiger partial charge in [-0.05, 0) is 74.0 Å². The first-order chi connectivity index (χ1) is 13.3. The van der Waals surface area contributed by atoms with Crippen molar-refractivity contribution in [2.24, 2.45) is 5.92 Å². The highest BCUT2D eigenvalue weighted by Crippen LogP contribution is 2.33. The molecule has 0 atom stereocenters. The monoisotopic (exact) mass is 375 g/mol. The average molecular weight is 375 g/mol. The molecule has 1 aliphatic heterocycles. The van der Waals surface area contributed by atoms with Crippen LogP contribution in [0.5, 0.6) is 0 Å². The Morgan fingerprint density at radius 2 is 1.79 bits per heavy atom. The fourth-order valence-corrected chi connectivity index (χ4v) is 3.91. The zero-order chi connectivity index (χ0) is 20.4. The Bertz CT molecular complexity index is 1050. The maximum Gasteiger partial charge on any atom is 0.268 e. The minimum absolute atomic E-state index is 0.00644. The van der Waals surface area contributed by atoms with Gasteiger partial charge in [-0.2, -0.15) is 10.5 Å². The molecule has 6 heteroatoms. The normalized spacial score (nSPS) is 15.2. The summed E-state index contributed by atoms with van der Waals surface area (Å²) in [6.07, 6.45) is 2.39. The molecule has 0 bridgehead atoms. The third-order valence-electron chi connectivity index (χ3n) is 5.69. The molecule has 0 radical (unpaired) electrons. The van der Waals surface area contributed by atoms with Crippen LogP contribution in [0.3, 0.4) is 0 Å². The number of anilines is 1. The van der Waals surface area contributed by atoms with E-state index in [1.54, 1.807) is 0 Å². The number of hydrogen-bond donors (Lipinski definition) is 2. The number of nitrogens with one attached hydrogen (secondary N) is 1. The highest BCUT2D eigenvalue weighted by Gasteiger charge is 2.22. The van der Waals surface area contributed by atoms with Gasteiger partial charge in [0.1, 0.15) is 29.1 Å². The maximum atomic E-state index is 12.3. The van der Waals surface area contributed by atoms with Crippen LogP contribution in [0.1, 0.15) is 47.6 Å². The molecule has 28 heavy (non-hydrogen) atoms. The topological polar surface area (TPSA) is 110 Å². The van der Waals surface area contributed by atoms with Crippen LogP contribution < -0.4 is 11.3 Å². The summed E-state index contributed by atoms with van der Waals surface area (Å²) in [5.41, 5.74) is 9.64. The second-order valence-electron chi connectivity index (χ2n) is 7.77. The van der Waals surface area contributed by atoms with Gasteiger partial charge in [-0.25, -0.2) is 0 Å². The number of likely N-dealkylation sites (tertiary alicyclic amines) is 1. The van der Waals surface area contributed by atoms with Crippen LogP contribution in [-0.4, -0.2) is 23.0 Å². The van der Waals surface area contributed by atoms with Gasteiger partial charge >= 0.3 is 0 Å². The standard InChI is InChI=1S/C22H25N5O/c1-13-4-6-27(7-5-13)12-16-9-17(15(3)8-14(16)2)20-18(10-23)21(25)26-22(28)19(20)11-24/h8-9,13H,4-7,12H2,1-3H3,(H3,25,26,28). The summed E-state index contributed by atoms with van der Waals surface area (Å²) in [5.74, 6) is 0.759. The first-order valence-electron chi connectivity index (χ1n) is 9.54. The number of aromatic amines is 1. The van der Waals surface area contributed by atoms with E-state index in [4.69, 9.17) is 5.73 Å². The number of benzene rings is 1. The smallest absolute Gasteiger partial charge is 0.268 e. The van der Waals surface area contributed by atoms with Gasteiger partial charge in [-0.15, -0.1) is 0 Å². The molecule has 3 rings (SSSR count). The molecule has 6 nitrogen and oxygen atoms in total. The van der Waals surface area contributed by atoms with E-state index in [9.17, 15) is 15.3 Å². The summed E-state index contributed by atoms with van der Waals surface area (Å²) in [5, 5.41) is 19.1. The van der Waals surface area contributed by atoms with Crippen LogP contribution in [0, 0.1) is 42.4 Å². The molecular formula is C22H25N5O. The number of nitrogens with zero attached hydrogens (tertiary/aromatic N) is 3. The molecule has 0 spiro atoms. The Labute approximate surface area is 165 Å². The molecule has 1 aromatic heterocycles. The lowest BCUT2D eigenvalue weighted by Crippen LogP contribution is -2.32. The second-order valence-corrected chi connectivity index (χ2v) is 7.77. The van der Waals surface area contributed by atoms with Crippen LogP contribution >= 0.6 is 0 Å². The molecule has 0 amide bonds. The number of nitriles is 2. The van der Waals surface area contributed by atoms with Gasteiger partial charge in [0.25, 0.3) is 5.56 Å². The van der Waals surface area contributed by atoms with Crippen molar-refractivity contribution in [3.63, 3.8) is 0 Å². The Balaban J connectivity index is 2.13. The van der Waals surface area contributed by atoms with E-state index in [0.29, 0.717) is 5.56 Å². The molecular weight excluding hydrogens is 350 g/mol. The number of piperidine rings is 1. The van der Waals surface area contributed by atoms with Crippen LogP contribution in [0.25, 0.3) is 11.1 Å². The summed E-state index contributed by atoms with van der Waals surface area (Å²) in [7, 11) is 0. The number of nitrogens with two attached hydrogens (primary N) is 1. The molecule has 1 aromatic carbocycles. The summed E-state index contributed by atoms with van der Waals surface area (Å²) >= 11 is 0. The van der Waals surface area contributed by atoms with Gasteiger partial charge in [0.2, 0.25) is 0 Å². The van der Waals surface area contributed by atoms with E-state index in [-0.39, 0.29) is 16.9 Å². The van der Waals surface area contributed by atoms with Crippen molar-refractivity contribution in [1.29, 1.82) is 10.5 Å². The second kappa shape index (κ2) is 7.88. The third kappa shape index (κ3) is 3.65. The summed E-state index contributed by atoms with van der Waals surface area (Å²) in [6, 6.07) is 8.07. The molecule has 0 saturated carbocycles. The lowest BCUT2D eigenvalue weighted by molar-refractivity contribution is 0.185. The number of pyridine rings is 1. The van der Waals surface area contributed by atoms with Crippen LogP contribution in [0.2, 0.25) is 0 Å². The Morgan fingerprint density at radius 1 is 1.14 bits per heavy atom. The fourth-order valence-electron chi connectivity index (χ4n) is 3.91. The third-order valence-corrected chi connectivity index (χ3v) is 5.69. The lowest BCUT2D eigenvalue weighted by atomic mass is 9.90. The zero-order valence-corrected chi connectivity index (χ0v) is 16.6. The summed E-state index contributed by atoms with van der Waals surface area (Å²) in [6.45, 7) is 9.23. The number of aromatic nitrogens is 1. The Hall–Kier alpha value is -3.09. The zero-order valence-electron chi connectivity index (χ0n) is 16.6. The van der Waals surface area contributed by atoms with E-state index in [2.05, 4.69) is 35.9 Å². The van der Waals surface area contributed by atoms with Crippen molar-refractivity contribution in [2.75, 3.05) is 18.8 Å². The van der Waals surface area contributed by atoms with Gasteiger partial charge in [0, 0.05) is 12.1 Å². The van der Waals surface area contributed by atoms with Gasteiger partial charge in [0.15, 0.2) is 0 Å². The Kier molecular flexibility index (Phi) is 5.53. The predicted molar refractivity (Wildman–Crippen MR) is 109 cm³/mol. The molecule has 3 N–H and O–H groups in total. The molecule has 2 aromatic rings. The van der Waals surface area contributed by atoms with Crippen molar-refractivity contribution in [2.45, 2.75) is 40.2 Å². The molecule has 144 valence electrons. The first-order valence-corrected chi connectivity index (χ1v) is 9.54. The number of rotatable bonds is 3. The highest BCUT2D eigenvalue weighted by atomic mass is 16.1. The molecule has 0 unspecified atom stereocenters. The summed E-state index contributed by atoms with van der Waals surface area (Å²) < 4.78 is 0. The van der Waals surface area contributed by atoms with Gasteiger partial charge in [-0.1, -0.05) is 13.0 Å². The highest BCUT2D eigenvalue weighted by molar-refractivity contribution is 5.82. The van der Waals surface area contributed by atoms with Crippen molar-refractivity contribution in [1.82, 2.24) is 9.88 Å². The SMILES string of the molecule is Cc1cc(C)c(-c2c(C#N)c(N)[nH]c(=O)c2C#N)cc1CN1CCC(C)CC1. The average Bonchev–Trinajstić information content (AvgIpc) is 2.65. The van der Waals surface area contributed by atoms with E-state index in [1.807, 2.05) is 19.1 Å². The number of H-pyrrole nitrogens is 1. The van der Waals surface area contributed by atoms with E-state index in [0.717, 1.165) is 47.8 Å². The molecule has 0 aliphatic carbocycles. The number of hydrogen-bond acceptors (Lipinski definition) is 5. The van der Waals surface area contributed by atoms with Gasteiger partial charge in [-0.3, -0.25) is 9.69 Å². The van der Waals surface area contributed by atoms with Crippen LogP contribution in [0.4, 0.5) is 5.82 Å². The van der Waals surface area contributed by atoms with Crippen molar-refractivity contribution in [3.05, 3.63) is 50.3 Å². The van der Waals surface area contributed by atoms with Gasteiger partial charge < -0.3 is 10.7 Å². The largest absolute Gasteiger partial charge is 0.384 e. The molecule has 2 heterocycles. The fraction of sp³-hybridized carbons (Fsp3) is 0.409. The minimum Gasteiger partial charge on any atom is -0.384 e. The van der Waals surface area contributed by atoms with Crippen molar-refractivity contribution in [3.8, 4) is 23.3 Å². The number of aryl methyl sites for hydroxylation is 2. The van der Waals surface area contributed by atoms with Crippen molar-refractivity contribution >= 4 is 5.82 Å². The van der Waals surface area contributed by atoms with Crippen molar-refractivity contribution < 1.29 is 0 Å². The lowest BCUT2D eigenvalue weighted by Gasteiger charge is -2.31. The van der Waals surface area contributed by atoms with E-state index in [1.165, 1.54) is 12.8 Å². The molecule has 1 saturated heterocycles. The Morgan fingerprint density at radius 3 is 2.39 bits per heavy atom. The van der Waals surface area contributed by atoms with Crippen LogP contribution in [-0.2, 0) is 6.54 Å². The molecule has 1 fully saturated rings. The maximum absolute atomic E-state index is 12.3. The summed E-state index contributed by atoms with van der Waals surface area (Å²) in [4.78, 5) is 17.1. The van der Waals surface area contributed by atoms with Crippen LogP contribution in [0.15, 0.2) is 16.9 Å². The van der Waals surface area contributed by atoms with E-state index < -0.39 is 5.56 Å². The van der Waals surface area contributed by atoms with Gasteiger partial charge in [0.05, 0.1) is 0 Å².